The van der Waals surface area contributed by atoms with E-state index in [9.17, 15) is 9.59 Å². The lowest BCUT2D eigenvalue weighted by molar-refractivity contribution is 0.0920. The maximum absolute atomic E-state index is 12.1. The van der Waals surface area contributed by atoms with E-state index in [2.05, 4.69) is 11.4 Å². The van der Waals surface area contributed by atoms with Crippen LogP contribution in [-0.2, 0) is 11.2 Å². The number of carbonyl (C=O) groups excluding carboxylic acids is 2. The van der Waals surface area contributed by atoms with Crippen LogP contribution in [0.3, 0.4) is 0 Å². The van der Waals surface area contributed by atoms with Crippen LogP contribution in [0.25, 0.3) is 0 Å². The topological polar surface area (TPSA) is 82.4 Å². The first-order valence-corrected chi connectivity index (χ1v) is 8.74. The molecule has 1 N–H and O–H groups in total. The highest BCUT2D eigenvalue weighted by Crippen LogP contribution is 2.23. The molecule has 0 bridgehead atoms. The molecule has 0 spiro atoms. The summed E-state index contributed by atoms with van der Waals surface area (Å²) in [6.07, 6.45) is -0.626. The first-order valence-electron chi connectivity index (χ1n) is 7.54. The molecule has 8 heteroatoms. The molecule has 0 saturated carbocycles. The molecule has 1 aliphatic rings. The van der Waals surface area contributed by atoms with E-state index in [1.165, 1.54) is 16.2 Å². The average Bonchev–Trinajstić information content (AvgIpc) is 3.19. The van der Waals surface area contributed by atoms with Gasteiger partial charge in [-0.3, -0.25) is 9.69 Å². The van der Waals surface area contributed by atoms with E-state index in [1.807, 2.05) is 6.07 Å². The molecule has 1 unspecified atom stereocenters. The van der Waals surface area contributed by atoms with Crippen LogP contribution in [0.4, 0.5) is 10.5 Å². The Morgan fingerprint density at radius 1 is 1.44 bits per heavy atom. The van der Waals surface area contributed by atoms with Crippen LogP contribution >= 0.6 is 22.9 Å². The van der Waals surface area contributed by atoms with E-state index >= 15 is 0 Å². The number of hydrogen-bond acceptors (Lipinski definition) is 5. The van der Waals surface area contributed by atoms with Gasteiger partial charge in [-0.05, 0) is 29.8 Å². The molecule has 0 aliphatic carbocycles. The summed E-state index contributed by atoms with van der Waals surface area (Å²) >= 11 is 7.01. The van der Waals surface area contributed by atoms with Crippen LogP contribution in [0.2, 0.25) is 4.34 Å². The zero-order valence-electron chi connectivity index (χ0n) is 13.1. The second kappa shape index (κ2) is 7.55. The van der Waals surface area contributed by atoms with E-state index in [1.54, 1.807) is 30.3 Å². The summed E-state index contributed by atoms with van der Waals surface area (Å²) < 4.78 is 5.85. The number of carbonyl (C=O) groups is 2. The molecule has 25 heavy (non-hydrogen) atoms. The maximum atomic E-state index is 12.1. The zero-order valence-corrected chi connectivity index (χ0v) is 14.6. The van der Waals surface area contributed by atoms with E-state index < -0.39 is 12.2 Å². The molecule has 3 rings (SSSR count). The number of nitrogens with zero attached hydrogens (tertiary/aromatic N) is 2. The highest BCUT2D eigenvalue weighted by Gasteiger charge is 2.32. The number of hydrogen-bond donors (Lipinski definition) is 1. The smallest absolute Gasteiger partial charge is 0.414 e. The van der Waals surface area contributed by atoms with E-state index in [0.717, 1.165) is 5.56 Å². The third-order valence-corrected chi connectivity index (χ3v) is 4.90. The second-order valence-corrected chi connectivity index (χ2v) is 7.15. The van der Waals surface area contributed by atoms with Gasteiger partial charge < -0.3 is 10.1 Å². The van der Waals surface area contributed by atoms with Gasteiger partial charge >= 0.3 is 6.09 Å². The van der Waals surface area contributed by atoms with Crippen LogP contribution in [0, 0.1) is 11.3 Å². The molecule has 2 heterocycles. The molecule has 1 aromatic heterocycles. The van der Waals surface area contributed by atoms with Crippen molar-refractivity contribution in [1.82, 2.24) is 5.32 Å². The predicted molar refractivity (Wildman–Crippen MR) is 95.0 cm³/mol. The molecule has 1 fully saturated rings. The van der Waals surface area contributed by atoms with Crippen LogP contribution < -0.4 is 10.2 Å². The van der Waals surface area contributed by atoms with Gasteiger partial charge in [-0.2, -0.15) is 5.26 Å². The third kappa shape index (κ3) is 4.10. The summed E-state index contributed by atoms with van der Waals surface area (Å²) in [6.45, 7) is 0.550. The van der Waals surface area contributed by atoms with E-state index in [4.69, 9.17) is 21.6 Å². The number of rotatable bonds is 5. The highest BCUT2D eigenvalue weighted by atomic mass is 35.5. The molecular formula is C17H14ClN3O3S. The van der Waals surface area contributed by atoms with Crippen molar-refractivity contribution in [1.29, 1.82) is 5.26 Å². The number of cyclic esters (lactones) is 1. The second-order valence-electron chi connectivity index (χ2n) is 5.43. The number of nitrogens with one attached hydrogen (secondary N) is 1. The van der Waals surface area contributed by atoms with Gasteiger partial charge in [0.15, 0.2) is 0 Å². The SMILES string of the molecule is N#CCc1cccc(N2CC(CNC(=O)c3ccc(Cl)s3)OC2=O)c1. The molecule has 1 aromatic carbocycles. The number of ether oxygens (including phenoxy) is 1. The maximum Gasteiger partial charge on any atom is 0.414 e. The summed E-state index contributed by atoms with van der Waals surface area (Å²) in [5, 5.41) is 11.5. The van der Waals surface area contributed by atoms with Gasteiger partial charge in [0.05, 0.1) is 34.8 Å². The van der Waals surface area contributed by atoms with Crippen LogP contribution in [0.5, 0.6) is 0 Å². The van der Waals surface area contributed by atoms with Gasteiger partial charge in [-0.1, -0.05) is 23.7 Å². The summed E-state index contributed by atoms with van der Waals surface area (Å²) in [6, 6.07) is 12.6. The normalized spacial score (nSPS) is 16.4. The lowest BCUT2D eigenvalue weighted by Crippen LogP contribution is -2.34. The van der Waals surface area contributed by atoms with Crippen molar-refractivity contribution in [2.45, 2.75) is 12.5 Å². The Morgan fingerprint density at radius 2 is 2.28 bits per heavy atom. The number of anilines is 1. The van der Waals surface area contributed by atoms with Crippen molar-refractivity contribution < 1.29 is 14.3 Å². The van der Waals surface area contributed by atoms with Crippen molar-refractivity contribution in [3.8, 4) is 6.07 Å². The minimum absolute atomic E-state index is 0.217. The molecule has 1 atom stereocenters. The molecule has 2 aromatic rings. The molecule has 1 aliphatic heterocycles. The summed E-state index contributed by atoms with van der Waals surface area (Å²) in [7, 11) is 0. The first kappa shape index (κ1) is 17.3. The molecule has 128 valence electrons. The van der Waals surface area contributed by atoms with Gasteiger partial charge in [0.25, 0.3) is 5.91 Å². The van der Waals surface area contributed by atoms with Crippen LogP contribution in [0.15, 0.2) is 36.4 Å². The van der Waals surface area contributed by atoms with Crippen LogP contribution in [0.1, 0.15) is 15.2 Å². The van der Waals surface area contributed by atoms with Crippen molar-refractivity contribution in [3.05, 3.63) is 51.2 Å². The van der Waals surface area contributed by atoms with Crippen molar-refractivity contribution in [3.63, 3.8) is 0 Å². The number of halogens is 1. The fourth-order valence-electron chi connectivity index (χ4n) is 2.49. The Balaban J connectivity index is 1.60. The lowest BCUT2D eigenvalue weighted by Gasteiger charge is -2.13. The summed E-state index contributed by atoms with van der Waals surface area (Å²) in [5.41, 5.74) is 1.51. The Bertz CT molecular complexity index is 846. The van der Waals surface area contributed by atoms with Gasteiger partial charge in [0.1, 0.15) is 6.10 Å². The van der Waals surface area contributed by atoms with E-state index in [0.29, 0.717) is 21.4 Å². The van der Waals surface area contributed by atoms with Gasteiger partial charge in [0, 0.05) is 5.69 Å². The molecule has 2 amide bonds. The summed E-state index contributed by atoms with van der Waals surface area (Å²) in [5.74, 6) is -0.248. The quantitative estimate of drug-likeness (QED) is 0.869. The Kier molecular flexibility index (Phi) is 5.22. The Morgan fingerprint density at radius 3 is 3.00 bits per heavy atom. The van der Waals surface area contributed by atoms with Crippen molar-refractivity contribution in [2.24, 2.45) is 0 Å². The average molecular weight is 376 g/mol. The third-order valence-electron chi connectivity index (χ3n) is 3.67. The summed E-state index contributed by atoms with van der Waals surface area (Å²) in [4.78, 5) is 26.1. The van der Waals surface area contributed by atoms with E-state index in [-0.39, 0.29) is 18.9 Å². The monoisotopic (exact) mass is 375 g/mol. The van der Waals surface area contributed by atoms with Gasteiger partial charge in [-0.15, -0.1) is 11.3 Å². The standard InChI is InChI=1S/C17H14ClN3O3S/c18-15-5-4-14(25-15)16(22)20-9-13-10-21(17(23)24-13)12-3-1-2-11(8-12)6-7-19/h1-5,8,13H,6,9-10H2,(H,20,22). The van der Waals surface area contributed by atoms with Crippen LogP contribution in [-0.4, -0.2) is 31.2 Å². The van der Waals surface area contributed by atoms with Crippen molar-refractivity contribution in [2.75, 3.05) is 18.0 Å². The fraction of sp³-hybridized carbons (Fsp3) is 0.235. The fourth-order valence-corrected chi connectivity index (χ4v) is 3.45. The molecule has 0 radical (unpaired) electrons. The largest absolute Gasteiger partial charge is 0.442 e. The molecule has 6 nitrogen and oxygen atoms in total. The molecule has 1 saturated heterocycles. The minimum atomic E-state index is -0.465. The lowest BCUT2D eigenvalue weighted by atomic mass is 10.1. The number of amides is 2. The van der Waals surface area contributed by atoms with Crippen molar-refractivity contribution >= 4 is 40.6 Å². The Labute approximate surface area is 153 Å². The number of nitriles is 1. The zero-order chi connectivity index (χ0) is 17.8. The minimum Gasteiger partial charge on any atom is -0.442 e. The Hall–Kier alpha value is -2.56. The first-order chi connectivity index (χ1) is 12.1. The predicted octanol–water partition coefficient (Wildman–Crippen LogP) is 3.22. The number of benzene rings is 1. The molecular weight excluding hydrogens is 362 g/mol. The number of thiophene rings is 1. The highest BCUT2D eigenvalue weighted by molar-refractivity contribution is 7.17. The van der Waals surface area contributed by atoms with Gasteiger partial charge in [0.2, 0.25) is 0 Å². The van der Waals surface area contributed by atoms with Gasteiger partial charge in [-0.25, -0.2) is 4.79 Å².